The van der Waals surface area contributed by atoms with Crippen LogP contribution in [-0.2, 0) is 6.54 Å². The van der Waals surface area contributed by atoms with Crippen LogP contribution in [0.4, 0.5) is 5.69 Å². The van der Waals surface area contributed by atoms with E-state index >= 15 is 0 Å². The zero-order valence-corrected chi connectivity index (χ0v) is 11.3. The van der Waals surface area contributed by atoms with Crippen LogP contribution in [0.1, 0.15) is 16.2 Å². The Morgan fingerprint density at radius 1 is 1.35 bits per heavy atom. The fourth-order valence-corrected chi connectivity index (χ4v) is 1.75. The minimum absolute atomic E-state index is 0.291. The zero-order chi connectivity index (χ0) is 14.5. The Morgan fingerprint density at radius 3 is 2.65 bits per heavy atom. The first-order chi connectivity index (χ1) is 9.65. The van der Waals surface area contributed by atoms with Crippen molar-refractivity contribution in [1.29, 1.82) is 0 Å². The van der Waals surface area contributed by atoms with Crippen LogP contribution in [0.2, 0.25) is 0 Å². The van der Waals surface area contributed by atoms with Crippen molar-refractivity contribution in [1.82, 2.24) is 15.3 Å². The van der Waals surface area contributed by atoms with E-state index in [9.17, 15) is 4.79 Å². The zero-order valence-electron chi connectivity index (χ0n) is 11.3. The standard InChI is InChI=1S/C13H16N4O3/c1-19-10-5-8(9(14)6-11(10)20-2)13(18)17-7-12-15-3-4-16-12/h3-6H,7,14H2,1-2H3,(H,15,16)(H,17,18). The molecule has 0 bridgehead atoms. The van der Waals surface area contributed by atoms with Gasteiger partial charge in [0, 0.05) is 24.1 Å². The third-order valence-electron chi connectivity index (χ3n) is 2.77. The van der Waals surface area contributed by atoms with Gasteiger partial charge in [-0.25, -0.2) is 4.98 Å². The van der Waals surface area contributed by atoms with Gasteiger partial charge < -0.3 is 25.5 Å². The van der Waals surface area contributed by atoms with E-state index in [-0.39, 0.29) is 5.91 Å². The van der Waals surface area contributed by atoms with Crippen LogP contribution in [0.5, 0.6) is 11.5 Å². The third kappa shape index (κ3) is 2.82. The molecule has 106 valence electrons. The van der Waals surface area contributed by atoms with Crippen LogP contribution in [0.15, 0.2) is 24.5 Å². The van der Waals surface area contributed by atoms with Crippen molar-refractivity contribution >= 4 is 11.6 Å². The Bertz CT molecular complexity index is 596. The molecule has 0 saturated carbocycles. The molecule has 1 amide bonds. The van der Waals surface area contributed by atoms with E-state index in [0.29, 0.717) is 35.1 Å². The van der Waals surface area contributed by atoms with E-state index in [1.54, 1.807) is 24.5 Å². The van der Waals surface area contributed by atoms with Gasteiger partial charge >= 0.3 is 0 Å². The summed E-state index contributed by atoms with van der Waals surface area (Å²) in [6, 6.07) is 3.10. The minimum atomic E-state index is -0.306. The highest BCUT2D eigenvalue weighted by Crippen LogP contribution is 2.31. The summed E-state index contributed by atoms with van der Waals surface area (Å²) in [7, 11) is 3.01. The molecule has 2 rings (SSSR count). The predicted molar refractivity (Wildman–Crippen MR) is 73.7 cm³/mol. The topological polar surface area (TPSA) is 102 Å². The number of aromatic nitrogens is 2. The lowest BCUT2D eigenvalue weighted by Crippen LogP contribution is -2.24. The number of nitrogens with one attached hydrogen (secondary N) is 2. The van der Waals surface area contributed by atoms with Gasteiger partial charge in [0.15, 0.2) is 11.5 Å². The molecule has 1 heterocycles. The van der Waals surface area contributed by atoms with Crippen molar-refractivity contribution in [3.8, 4) is 11.5 Å². The van der Waals surface area contributed by atoms with Gasteiger partial charge in [-0.05, 0) is 6.07 Å². The number of carbonyl (C=O) groups is 1. The fourth-order valence-electron chi connectivity index (χ4n) is 1.75. The molecule has 0 saturated heterocycles. The molecule has 1 aromatic carbocycles. The maximum absolute atomic E-state index is 12.1. The Hall–Kier alpha value is -2.70. The first kappa shape index (κ1) is 13.7. The molecule has 0 unspecified atom stereocenters. The highest BCUT2D eigenvalue weighted by atomic mass is 16.5. The van der Waals surface area contributed by atoms with Crippen LogP contribution in [0.3, 0.4) is 0 Å². The molecule has 0 spiro atoms. The normalized spacial score (nSPS) is 10.1. The average Bonchev–Trinajstić information content (AvgIpc) is 2.97. The molecule has 1 aromatic heterocycles. The van der Waals surface area contributed by atoms with Gasteiger partial charge in [-0.2, -0.15) is 0 Å². The van der Waals surface area contributed by atoms with E-state index in [0.717, 1.165) is 0 Å². The second-order valence-corrected chi connectivity index (χ2v) is 4.01. The summed E-state index contributed by atoms with van der Waals surface area (Å²) >= 11 is 0. The Labute approximate surface area is 116 Å². The number of nitrogens with two attached hydrogens (primary N) is 1. The molecule has 7 nitrogen and oxygen atoms in total. The highest BCUT2D eigenvalue weighted by molar-refractivity contribution is 6.00. The number of amides is 1. The number of aromatic amines is 1. The van der Waals surface area contributed by atoms with E-state index in [4.69, 9.17) is 15.2 Å². The van der Waals surface area contributed by atoms with E-state index in [1.165, 1.54) is 14.2 Å². The summed E-state index contributed by atoms with van der Waals surface area (Å²) in [5.41, 5.74) is 6.50. The molecule has 2 aromatic rings. The number of methoxy groups -OCH3 is 2. The number of anilines is 1. The molecular formula is C13H16N4O3. The number of hydrogen-bond acceptors (Lipinski definition) is 5. The maximum Gasteiger partial charge on any atom is 0.253 e. The van der Waals surface area contributed by atoms with E-state index in [1.807, 2.05) is 0 Å². The number of H-pyrrole nitrogens is 1. The van der Waals surface area contributed by atoms with Gasteiger partial charge in [-0.15, -0.1) is 0 Å². The maximum atomic E-state index is 12.1. The predicted octanol–water partition coefficient (Wildman–Crippen LogP) is 0.939. The molecular weight excluding hydrogens is 260 g/mol. The van der Waals surface area contributed by atoms with Crippen molar-refractivity contribution in [3.63, 3.8) is 0 Å². The van der Waals surface area contributed by atoms with Gasteiger partial charge in [0.1, 0.15) is 5.82 Å². The smallest absolute Gasteiger partial charge is 0.253 e. The molecule has 0 aliphatic rings. The van der Waals surface area contributed by atoms with Gasteiger partial charge in [0.05, 0.1) is 26.3 Å². The molecule has 0 atom stereocenters. The summed E-state index contributed by atoms with van der Waals surface area (Å²) in [6.45, 7) is 0.291. The highest BCUT2D eigenvalue weighted by Gasteiger charge is 2.15. The van der Waals surface area contributed by atoms with Gasteiger partial charge in [-0.3, -0.25) is 4.79 Å². The molecule has 0 aliphatic heterocycles. The molecule has 20 heavy (non-hydrogen) atoms. The fraction of sp³-hybridized carbons (Fsp3) is 0.231. The third-order valence-corrected chi connectivity index (χ3v) is 2.77. The minimum Gasteiger partial charge on any atom is -0.493 e. The Morgan fingerprint density at radius 2 is 2.05 bits per heavy atom. The lowest BCUT2D eigenvalue weighted by Gasteiger charge is -2.12. The van der Waals surface area contributed by atoms with E-state index < -0.39 is 0 Å². The molecule has 7 heteroatoms. The van der Waals surface area contributed by atoms with Crippen LogP contribution in [-0.4, -0.2) is 30.1 Å². The largest absolute Gasteiger partial charge is 0.493 e. The van der Waals surface area contributed by atoms with Crippen LogP contribution < -0.4 is 20.5 Å². The SMILES string of the molecule is COc1cc(N)c(C(=O)NCc2ncc[nH]2)cc1OC. The number of nitrogen functional groups attached to an aromatic ring is 1. The van der Waals surface area contributed by atoms with Crippen LogP contribution in [0.25, 0.3) is 0 Å². The number of carbonyl (C=O) groups excluding carboxylic acids is 1. The van der Waals surface area contributed by atoms with Crippen LogP contribution >= 0.6 is 0 Å². The number of rotatable bonds is 5. The lowest BCUT2D eigenvalue weighted by atomic mass is 10.1. The van der Waals surface area contributed by atoms with Crippen molar-refractivity contribution in [3.05, 3.63) is 35.9 Å². The van der Waals surface area contributed by atoms with Gasteiger partial charge in [0.25, 0.3) is 5.91 Å². The molecule has 0 fully saturated rings. The molecule has 4 N–H and O–H groups in total. The number of benzene rings is 1. The lowest BCUT2D eigenvalue weighted by molar-refractivity contribution is 0.0950. The van der Waals surface area contributed by atoms with Crippen molar-refractivity contribution in [2.45, 2.75) is 6.54 Å². The Kier molecular flexibility index (Phi) is 4.09. The van der Waals surface area contributed by atoms with Crippen molar-refractivity contribution in [2.24, 2.45) is 0 Å². The van der Waals surface area contributed by atoms with Crippen LogP contribution in [0, 0.1) is 0 Å². The first-order valence-electron chi connectivity index (χ1n) is 5.93. The second-order valence-electron chi connectivity index (χ2n) is 4.01. The van der Waals surface area contributed by atoms with Gasteiger partial charge in [-0.1, -0.05) is 0 Å². The van der Waals surface area contributed by atoms with Gasteiger partial charge in [0.2, 0.25) is 0 Å². The molecule has 0 radical (unpaired) electrons. The summed E-state index contributed by atoms with van der Waals surface area (Å²) in [4.78, 5) is 19.0. The quantitative estimate of drug-likeness (QED) is 0.705. The first-order valence-corrected chi connectivity index (χ1v) is 5.93. The Balaban J connectivity index is 2.16. The van der Waals surface area contributed by atoms with Crippen molar-refractivity contribution < 1.29 is 14.3 Å². The monoisotopic (exact) mass is 276 g/mol. The number of hydrogen-bond donors (Lipinski definition) is 3. The summed E-state index contributed by atoms with van der Waals surface area (Å²) in [6.07, 6.45) is 3.30. The molecule has 0 aliphatic carbocycles. The summed E-state index contributed by atoms with van der Waals surface area (Å²) in [5.74, 6) is 1.29. The number of ether oxygens (including phenoxy) is 2. The number of imidazole rings is 1. The average molecular weight is 276 g/mol. The van der Waals surface area contributed by atoms with E-state index in [2.05, 4.69) is 15.3 Å². The summed E-state index contributed by atoms with van der Waals surface area (Å²) < 4.78 is 10.3. The second kappa shape index (κ2) is 5.96. The summed E-state index contributed by atoms with van der Waals surface area (Å²) in [5, 5.41) is 2.72. The van der Waals surface area contributed by atoms with Crippen molar-refractivity contribution in [2.75, 3.05) is 20.0 Å². The number of nitrogens with zero attached hydrogens (tertiary/aromatic N) is 1.